The van der Waals surface area contributed by atoms with Crippen molar-refractivity contribution >= 4 is 29.1 Å². The molecule has 0 aliphatic carbocycles. The average Bonchev–Trinajstić information content (AvgIpc) is 2.42. The maximum atomic E-state index is 12.4. The average molecular weight is 291 g/mol. The molecule has 98 valence electrons. The van der Waals surface area contributed by atoms with Crippen molar-refractivity contribution in [3.8, 4) is 0 Å². The number of benzene rings is 2. The summed E-state index contributed by atoms with van der Waals surface area (Å²) in [5.41, 5.74) is 3.41. The highest BCUT2D eigenvalue weighted by molar-refractivity contribution is 7.98. The largest absolute Gasteiger partial charge is 0.289 e. The zero-order valence-corrected chi connectivity index (χ0v) is 12.7. The van der Waals surface area contributed by atoms with Crippen molar-refractivity contribution in [1.82, 2.24) is 0 Å². The van der Waals surface area contributed by atoms with Crippen LogP contribution in [0.5, 0.6) is 0 Å². The Morgan fingerprint density at radius 2 is 1.63 bits per heavy atom. The van der Waals surface area contributed by atoms with Crippen LogP contribution < -0.4 is 0 Å². The number of hydrogen-bond acceptors (Lipinski definition) is 2. The van der Waals surface area contributed by atoms with E-state index in [4.69, 9.17) is 11.6 Å². The first kappa shape index (κ1) is 14.2. The quantitative estimate of drug-likeness (QED) is 0.590. The summed E-state index contributed by atoms with van der Waals surface area (Å²) >= 11 is 7.84. The molecule has 0 saturated carbocycles. The van der Waals surface area contributed by atoms with E-state index in [1.165, 1.54) is 0 Å². The normalized spacial score (nSPS) is 10.5. The van der Waals surface area contributed by atoms with Crippen molar-refractivity contribution in [2.24, 2.45) is 0 Å². The molecule has 0 N–H and O–H groups in total. The van der Waals surface area contributed by atoms with Crippen LogP contribution in [-0.2, 0) is 0 Å². The maximum Gasteiger partial charge on any atom is 0.194 e. The molecule has 0 fully saturated rings. The van der Waals surface area contributed by atoms with Gasteiger partial charge in [-0.1, -0.05) is 11.6 Å². The Morgan fingerprint density at radius 3 is 2.21 bits per heavy atom. The van der Waals surface area contributed by atoms with Gasteiger partial charge in [-0.05, 0) is 67.6 Å². The summed E-state index contributed by atoms with van der Waals surface area (Å²) in [6.45, 7) is 3.97. The highest BCUT2D eigenvalue weighted by Crippen LogP contribution is 2.24. The minimum atomic E-state index is -0.0271. The zero-order chi connectivity index (χ0) is 14.0. The van der Waals surface area contributed by atoms with Crippen LogP contribution in [-0.4, -0.2) is 12.0 Å². The van der Waals surface area contributed by atoms with E-state index >= 15 is 0 Å². The molecule has 0 bridgehead atoms. The Balaban J connectivity index is 2.40. The van der Waals surface area contributed by atoms with Crippen LogP contribution in [0.15, 0.2) is 41.3 Å². The van der Waals surface area contributed by atoms with E-state index in [1.807, 2.05) is 56.5 Å². The van der Waals surface area contributed by atoms with Gasteiger partial charge in [0, 0.05) is 16.0 Å². The van der Waals surface area contributed by atoms with Gasteiger partial charge in [-0.25, -0.2) is 0 Å². The third-order valence-corrected chi connectivity index (χ3v) is 4.24. The van der Waals surface area contributed by atoms with Gasteiger partial charge in [0.25, 0.3) is 0 Å². The van der Waals surface area contributed by atoms with E-state index in [2.05, 4.69) is 0 Å². The van der Waals surface area contributed by atoms with E-state index in [0.29, 0.717) is 16.1 Å². The maximum absolute atomic E-state index is 12.4. The second-order valence-corrected chi connectivity index (χ2v) is 5.76. The van der Waals surface area contributed by atoms with E-state index in [0.717, 1.165) is 16.0 Å². The summed E-state index contributed by atoms with van der Waals surface area (Å²) in [5, 5.41) is 0.516. The van der Waals surface area contributed by atoms with Gasteiger partial charge in [-0.3, -0.25) is 4.79 Å². The van der Waals surface area contributed by atoms with Crippen LogP contribution in [0, 0.1) is 13.8 Å². The minimum absolute atomic E-state index is 0.0271. The Bertz CT molecular complexity index is 617. The second-order valence-electron chi connectivity index (χ2n) is 4.47. The van der Waals surface area contributed by atoms with Gasteiger partial charge in [-0.15, -0.1) is 11.8 Å². The van der Waals surface area contributed by atoms with Crippen LogP contribution in [0.2, 0.25) is 5.02 Å². The van der Waals surface area contributed by atoms with Crippen LogP contribution >= 0.6 is 23.4 Å². The summed E-state index contributed by atoms with van der Waals surface area (Å²) in [5.74, 6) is -0.0271. The number of ketones is 1. The predicted molar refractivity (Wildman–Crippen MR) is 82.6 cm³/mol. The zero-order valence-electron chi connectivity index (χ0n) is 11.2. The van der Waals surface area contributed by atoms with Crippen molar-refractivity contribution < 1.29 is 4.79 Å². The van der Waals surface area contributed by atoms with Crippen molar-refractivity contribution in [2.45, 2.75) is 18.7 Å². The van der Waals surface area contributed by atoms with Gasteiger partial charge in [0.2, 0.25) is 0 Å². The molecule has 0 atom stereocenters. The van der Waals surface area contributed by atoms with Gasteiger partial charge in [0.15, 0.2) is 5.78 Å². The fourth-order valence-corrected chi connectivity index (χ4v) is 2.57. The molecular weight excluding hydrogens is 276 g/mol. The third kappa shape index (κ3) is 3.02. The summed E-state index contributed by atoms with van der Waals surface area (Å²) < 4.78 is 0. The summed E-state index contributed by atoms with van der Waals surface area (Å²) in [6.07, 6.45) is 2.01. The van der Waals surface area contributed by atoms with E-state index in [9.17, 15) is 4.79 Å². The monoisotopic (exact) mass is 290 g/mol. The number of hydrogen-bond donors (Lipinski definition) is 0. The second kappa shape index (κ2) is 5.81. The minimum Gasteiger partial charge on any atom is -0.289 e. The molecule has 0 aromatic heterocycles. The lowest BCUT2D eigenvalue weighted by Gasteiger charge is -2.08. The fraction of sp³-hybridized carbons (Fsp3) is 0.188. The number of carbonyl (C=O) groups is 1. The Hall–Kier alpha value is -1.25. The summed E-state index contributed by atoms with van der Waals surface area (Å²) in [7, 11) is 0. The molecule has 0 aliphatic rings. The number of aryl methyl sites for hydroxylation is 2. The van der Waals surface area contributed by atoms with Gasteiger partial charge < -0.3 is 0 Å². The SMILES string of the molecule is CSc1ccc(C(=O)c2cc(C)c(C)cc2Cl)cc1. The Morgan fingerprint density at radius 1 is 1.05 bits per heavy atom. The summed E-state index contributed by atoms with van der Waals surface area (Å²) in [6, 6.07) is 11.3. The number of thioether (sulfide) groups is 1. The molecule has 0 radical (unpaired) electrons. The van der Waals surface area contributed by atoms with E-state index < -0.39 is 0 Å². The van der Waals surface area contributed by atoms with Crippen LogP contribution in [0.1, 0.15) is 27.0 Å². The molecular formula is C16H15ClOS. The standard InChI is InChI=1S/C16H15ClOS/c1-10-8-14(15(17)9-11(10)2)16(18)12-4-6-13(19-3)7-5-12/h4-9H,1-3H3. The molecule has 3 heteroatoms. The number of carbonyl (C=O) groups excluding carboxylic acids is 1. The van der Waals surface area contributed by atoms with Crippen molar-refractivity contribution in [3.05, 3.63) is 63.7 Å². The smallest absolute Gasteiger partial charge is 0.194 e. The first-order chi connectivity index (χ1) is 9.02. The Kier molecular flexibility index (Phi) is 4.33. The van der Waals surface area contributed by atoms with Crippen molar-refractivity contribution in [3.63, 3.8) is 0 Å². The first-order valence-electron chi connectivity index (χ1n) is 5.98. The van der Waals surface area contributed by atoms with Crippen LogP contribution in [0.25, 0.3) is 0 Å². The summed E-state index contributed by atoms with van der Waals surface area (Å²) in [4.78, 5) is 13.6. The number of halogens is 1. The third-order valence-electron chi connectivity index (χ3n) is 3.18. The highest BCUT2D eigenvalue weighted by atomic mass is 35.5. The molecule has 2 aromatic rings. The fourth-order valence-electron chi connectivity index (χ4n) is 1.85. The molecule has 19 heavy (non-hydrogen) atoms. The van der Waals surface area contributed by atoms with Crippen molar-refractivity contribution in [2.75, 3.05) is 6.26 Å². The predicted octanol–water partition coefficient (Wildman–Crippen LogP) is 4.91. The van der Waals surface area contributed by atoms with Crippen LogP contribution in [0.3, 0.4) is 0 Å². The van der Waals surface area contributed by atoms with E-state index in [1.54, 1.807) is 11.8 Å². The van der Waals surface area contributed by atoms with Gasteiger partial charge in [0.05, 0.1) is 5.02 Å². The number of rotatable bonds is 3. The topological polar surface area (TPSA) is 17.1 Å². The lowest BCUT2D eigenvalue weighted by Crippen LogP contribution is -2.03. The van der Waals surface area contributed by atoms with E-state index in [-0.39, 0.29) is 5.78 Å². The van der Waals surface area contributed by atoms with Crippen LogP contribution in [0.4, 0.5) is 0 Å². The molecule has 2 aromatic carbocycles. The molecule has 2 rings (SSSR count). The lowest BCUT2D eigenvalue weighted by atomic mass is 9.99. The molecule has 0 aliphatic heterocycles. The molecule has 0 amide bonds. The van der Waals surface area contributed by atoms with Crippen molar-refractivity contribution in [1.29, 1.82) is 0 Å². The molecule has 1 nitrogen and oxygen atoms in total. The molecule has 0 heterocycles. The highest BCUT2D eigenvalue weighted by Gasteiger charge is 2.14. The van der Waals surface area contributed by atoms with Gasteiger partial charge >= 0.3 is 0 Å². The molecule has 0 unspecified atom stereocenters. The molecule has 0 spiro atoms. The lowest BCUT2D eigenvalue weighted by molar-refractivity contribution is 0.103. The first-order valence-corrected chi connectivity index (χ1v) is 7.58. The molecule has 0 saturated heterocycles. The Labute approximate surface area is 123 Å². The van der Waals surface area contributed by atoms with Gasteiger partial charge in [0.1, 0.15) is 0 Å². The van der Waals surface area contributed by atoms with Gasteiger partial charge in [-0.2, -0.15) is 0 Å².